The summed E-state index contributed by atoms with van der Waals surface area (Å²) in [6.45, 7) is 4.10. The van der Waals surface area contributed by atoms with Gasteiger partial charge in [-0.25, -0.2) is 8.42 Å². The first-order valence-electron chi connectivity index (χ1n) is 6.42. The van der Waals surface area contributed by atoms with Crippen LogP contribution in [0.3, 0.4) is 0 Å². The van der Waals surface area contributed by atoms with Gasteiger partial charge in [0.1, 0.15) is 4.21 Å². The fourth-order valence-electron chi connectivity index (χ4n) is 2.16. The molecule has 108 valence electrons. The van der Waals surface area contributed by atoms with E-state index in [1.54, 1.807) is 10.4 Å². The van der Waals surface area contributed by atoms with Gasteiger partial charge in [-0.3, -0.25) is 0 Å². The summed E-state index contributed by atoms with van der Waals surface area (Å²) in [6, 6.07) is 3.53. The third-order valence-electron chi connectivity index (χ3n) is 3.20. The highest BCUT2D eigenvalue weighted by molar-refractivity contribution is 7.91. The highest BCUT2D eigenvalue weighted by Crippen LogP contribution is 2.27. The Morgan fingerprint density at radius 1 is 1.53 bits per heavy atom. The molecule has 1 aromatic rings. The Bertz CT molecular complexity index is 513. The fraction of sp³-hybridized carbons (Fsp3) is 0.667. The highest BCUT2D eigenvalue weighted by atomic mass is 32.2. The largest absolute Gasteiger partial charge is 0.378 e. The molecule has 0 radical (unpaired) electrons. The number of thiophene rings is 1. The average Bonchev–Trinajstić information content (AvgIpc) is 2.88. The molecule has 0 amide bonds. The molecule has 0 saturated carbocycles. The van der Waals surface area contributed by atoms with E-state index in [0.717, 1.165) is 11.3 Å². The molecule has 1 unspecified atom stereocenters. The molecule has 2 rings (SSSR count). The van der Waals surface area contributed by atoms with Crippen LogP contribution in [0.1, 0.15) is 18.2 Å². The predicted molar refractivity (Wildman–Crippen MR) is 75.9 cm³/mol. The van der Waals surface area contributed by atoms with E-state index in [4.69, 9.17) is 4.74 Å². The number of sulfonamides is 1. The van der Waals surface area contributed by atoms with E-state index in [1.165, 1.54) is 11.3 Å². The number of ether oxygens (including phenoxy) is 1. The third kappa shape index (κ3) is 3.17. The van der Waals surface area contributed by atoms with Crippen molar-refractivity contribution >= 4 is 21.4 Å². The SMILES string of the molecule is CCC1COCCN1S(=O)(=O)c1ccc(CNC)s1. The standard InChI is InChI=1S/C12H20N2O3S2/c1-3-10-9-17-7-6-14(10)19(15,16)12-5-4-11(18-12)8-13-2/h4-5,10,13H,3,6-9H2,1-2H3. The minimum absolute atomic E-state index is 0.0476. The lowest BCUT2D eigenvalue weighted by Gasteiger charge is -2.33. The number of hydrogen-bond acceptors (Lipinski definition) is 5. The van der Waals surface area contributed by atoms with Crippen LogP contribution in [-0.2, 0) is 21.3 Å². The summed E-state index contributed by atoms with van der Waals surface area (Å²) in [5, 5.41) is 3.03. The Kier molecular flexibility index (Phi) is 4.97. The van der Waals surface area contributed by atoms with E-state index >= 15 is 0 Å². The Morgan fingerprint density at radius 3 is 3.00 bits per heavy atom. The molecule has 0 aromatic carbocycles. The van der Waals surface area contributed by atoms with Crippen molar-refractivity contribution in [2.75, 3.05) is 26.8 Å². The maximum Gasteiger partial charge on any atom is 0.252 e. The van der Waals surface area contributed by atoms with Crippen molar-refractivity contribution in [3.63, 3.8) is 0 Å². The molecule has 0 bridgehead atoms. The van der Waals surface area contributed by atoms with Crippen LogP contribution >= 0.6 is 11.3 Å². The van der Waals surface area contributed by atoms with Crippen LogP contribution in [0.5, 0.6) is 0 Å². The normalized spacial score (nSPS) is 21.7. The van der Waals surface area contributed by atoms with Gasteiger partial charge in [-0.1, -0.05) is 6.92 Å². The van der Waals surface area contributed by atoms with E-state index in [0.29, 0.717) is 30.5 Å². The van der Waals surface area contributed by atoms with Crippen molar-refractivity contribution in [1.29, 1.82) is 0 Å². The number of hydrogen-bond donors (Lipinski definition) is 1. The summed E-state index contributed by atoms with van der Waals surface area (Å²) in [7, 11) is -1.53. The van der Waals surface area contributed by atoms with Gasteiger partial charge in [0.25, 0.3) is 10.0 Å². The summed E-state index contributed by atoms with van der Waals surface area (Å²) in [5.41, 5.74) is 0. The van der Waals surface area contributed by atoms with Crippen LogP contribution in [0.4, 0.5) is 0 Å². The van der Waals surface area contributed by atoms with Crippen LogP contribution in [0.25, 0.3) is 0 Å². The van der Waals surface area contributed by atoms with Gasteiger partial charge in [-0.15, -0.1) is 11.3 Å². The Hall–Kier alpha value is -0.470. The van der Waals surface area contributed by atoms with Crippen molar-refractivity contribution < 1.29 is 13.2 Å². The van der Waals surface area contributed by atoms with Gasteiger partial charge in [-0.2, -0.15) is 4.31 Å². The Morgan fingerprint density at radius 2 is 2.32 bits per heavy atom. The number of nitrogens with zero attached hydrogens (tertiary/aromatic N) is 1. The minimum Gasteiger partial charge on any atom is -0.378 e. The topological polar surface area (TPSA) is 58.6 Å². The molecule has 19 heavy (non-hydrogen) atoms. The molecule has 2 heterocycles. The van der Waals surface area contributed by atoms with E-state index in [1.807, 2.05) is 20.0 Å². The van der Waals surface area contributed by atoms with Crippen LogP contribution in [0, 0.1) is 0 Å². The monoisotopic (exact) mass is 304 g/mol. The molecule has 1 atom stereocenters. The summed E-state index contributed by atoms with van der Waals surface area (Å²) in [6.07, 6.45) is 0.772. The zero-order valence-corrected chi connectivity index (χ0v) is 12.9. The summed E-state index contributed by atoms with van der Waals surface area (Å²) in [4.78, 5) is 1.03. The molecule has 7 heteroatoms. The molecule has 1 aliphatic rings. The molecular formula is C12H20N2O3S2. The minimum atomic E-state index is -3.38. The summed E-state index contributed by atoms with van der Waals surface area (Å²) in [5.74, 6) is 0. The van der Waals surface area contributed by atoms with Crippen molar-refractivity contribution in [2.45, 2.75) is 30.1 Å². The molecule has 1 aliphatic heterocycles. The van der Waals surface area contributed by atoms with Crippen molar-refractivity contribution in [3.8, 4) is 0 Å². The molecule has 1 N–H and O–H groups in total. The zero-order chi connectivity index (χ0) is 13.9. The lowest BCUT2D eigenvalue weighted by Crippen LogP contribution is -2.48. The van der Waals surface area contributed by atoms with Crippen molar-refractivity contribution in [2.24, 2.45) is 0 Å². The van der Waals surface area contributed by atoms with Gasteiger partial charge in [0.2, 0.25) is 0 Å². The lowest BCUT2D eigenvalue weighted by atomic mass is 10.2. The maximum atomic E-state index is 12.6. The second-order valence-corrected chi connectivity index (χ2v) is 7.79. The van der Waals surface area contributed by atoms with Gasteiger partial charge >= 0.3 is 0 Å². The lowest BCUT2D eigenvalue weighted by molar-refractivity contribution is 0.0315. The number of rotatable bonds is 5. The highest BCUT2D eigenvalue weighted by Gasteiger charge is 2.33. The fourth-order valence-corrected chi connectivity index (χ4v) is 5.32. The number of morpholine rings is 1. The molecule has 1 saturated heterocycles. The Balaban J connectivity index is 2.24. The van der Waals surface area contributed by atoms with Crippen molar-refractivity contribution in [1.82, 2.24) is 9.62 Å². The molecular weight excluding hydrogens is 284 g/mol. The van der Waals surface area contributed by atoms with Crippen LogP contribution in [0.2, 0.25) is 0 Å². The molecule has 0 spiro atoms. The van der Waals surface area contributed by atoms with Gasteiger partial charge in [0.15, 0.2) is 0 Å². The predicted octanol–water partition coefficient (Wildman–Crippen LogP) is 1.27. The smallest absolute Gasteiger partial charge is 0.252 e. The third-order valence-corrected chi connectivity index (χ3v) is 6.70. The second-order valence-electron chi connectivity index (χ2n) is 4.50. The molecule has 0 aliphatic carbocycles. The summed E-state index contributed by atoms with van der Waals surface area (Å²) >= 11 is 1.34. The molecule has 1 aromatic heterocycles. The maximum absolute atomic E-state index is 12.6. The van der Waals surface area contributed by atoms with E-state index in [2.05, 4.69) is 5.32 Å². The Labute approximate surface area is 118 Å². The van der Waals surface area contributed by atoms with Gasteiger partial charge in [0, 0.05) is 24.0 Å². The molecule has 5 nitrogen and oxygen atoms in total. The quantitative estimate of drug-likeness (QED) is 0.890. The van der Waals surface area contributed by atoms with Gasteiger partial charge < -0.3 is 10.1 Å². The van der Waals surface area contributed by atoms with E-state index in [-0.39, 0.29) is 6.04 Å². The second kappa shape index (κ2) is 6.32. The first kappa shape index (κ1) is 14.9. The first-order valence-corrected chi connectivity index (χ1v) is 8.68. The summed E-state index contributed by atoms with van der Waals surface area (Å²) < 4.78 is 32.7. The van der Waals surface area contributed by atoms with Crippen molar-refractivity contribution in [3.05, 3.63) is 17.0 Å². The zero-order valence-electron chi connectivity index (χ0n) is 11.3. The number of nitrogens with one attached hydrogen (secondary N) is 1. The first-order chi connectivity index (χ1) is 9.09. The van der Waals surface area contributed by atoms with Gasteiger partial charge in [0.05, 0.1) is 13.2 Å². The molecule has 1 fully saturated rings. The van der Waals surface area contributed by atoms with E-state index < -0.39 is 10.0 Å². The van der Waals surface area contributed by atoms with Crippen LogP contribution in [0.15, 0.2) is 16.3 Å². The van der Waals surface area contributed by atoms with Crippen LogP contribution < -0.4 is 5.32 Å². The van der Waals surface area contributed by atoms with E-state index in [9.17, 15) is 8.42 Å². The van der Waals surface area contributed by atoms with Crippen LogP contribution in [-0.4, -0.2) is 45.6 Å². The van der Waals surface area contributed by atoms with Gasteiger partial charge in [-0.05, 0) is 25.6 Å². The average molecular weight is 304 g/mol.